The van der Waals surface area contributed by atoms with Crippen LogP contribution in [0.2, 0.25) is 0 Å². The molecule has 5 aromatic rings. The minimum atomic E-state index is 0.458. The van der Waals surface area contributed by atoms with E-state index in [1.165, 1.54) is 6.33 Å². The van der Waals surface area contributed by atoms with Crippen LogP contribution in [0.4, 0.5) is 17.2 Å². The van der Waals surface area contributed by atoms with Gasteiger partial charge in [0.2, 0.25) is 5.88 Å². The standard InChI is InChI=1S/C28H29N9O2/c1-17-8-20(4-6-22(17)39-25-9-24-30-15-33-37(24)16-32-25)34-28-26-21(29-14-31-28)5-7-23(38-3)27(26)36-12-18-10-35(2)11-19(18)13-36/h4-9,14-16,18-19H,10-13H2,1-3H3,(H,29,31,34). The van der Waals surface area contributed by atoms with Crippen LogP contribution in [0.25, 0.3) is 16.6 Å². The van der Waals surface area contributed by atoms with E-state index in [1.54, 1.807) is 30.3 Å². The summed E-state index contributed by atoms with van der Waals surface area (Å²) in [5.41, 5.74) is 4.46. The van der Waals surface area contributed by atoms with Gasteiger partial charge in [0.05, 0.1) is 23.7 Å². The molecule has 0 bridgehead atoms. The maximum Gasteiger partial charge on any atom is 0.224 e. The Kier molecular flexibility index (Phi) is 5.66. The molecule has 2 unspecified atom stereocenters. The zero-order valence-electron chi connectivity index (χ0n) is 22.1. The van der Waals surface area contributed by atoms with E-state index in [1.807, 2.05) is 37.3 Å². The Morgan fingerprint density at radius 2 is 1.72 bits per heavy atom. The lowest BCUT2D eigenvalue weighted by Gasteiger charge is -2.25. The maximum absolute atomic E-state index is 6.05. The van der Waals surface area contributed by atoms with Crippen molar-refractivity contribution < 1.29 is 9.47 Å². The molecule has 0 amide bonds. The van der Waals surface area contributed by atoms with Gasteiger partial charge in [-0.3, -0.25) is 0 Å². The number of nitrogens with one attached hydrogen (secondary N) is 1. The zero-order valence-corrected chi connectivity index (χ0v) is 22.1. The second kappa shape index (κ2) is 9.35. The quantitative estimate of drug-likeness (QED) is 0.352. The van der Waals surface area contributed by atoms with Crippen molar-refractivity contribution >= 4 is 33.7 Å². The van der Waals surface area contributed by atoms with Crippen LogP contribution < -0.4 is 19.7 Å². The molecule has 2 aliphatic rings. The summed E-state index contributed by atoms with van der Waals surface area (Å²) in [5, 5.41) is 8.58. The molecule has 2 aromatic carbocycles. The highest BCUT2D eigenvalue weighted by atomic mass is 16.5. The fourth-order valence-electron chi connectivity index (χ4n) is 5.96. The number of nitrogens with zero attached hydrogens (tertiary/aromatic N) is 8. The van der Waals surface area contributed by atoms with Gasteiger partial charge in [-0.25, -0.2) is 24.5 Å². The summed E-state index contributed by atoms with van der Waals surface area (Å²) in [4.78, 5) is 22.7. The third-order valence-electron chi connectivity index (χ3n) is 7.74. The van der Waals surface area contributed by atoms with Crippen molar-refractivity contribution in [1.82, 2.24) is 34.4 Å². The molecule has 11 heteroatoms. The van der Waals surface area contributed by atoms with E-state index in [-0.39, 0.29) is 0 Å². The zero-order chi connectivity index (χ0) is 26.5. The summed E-state index contributed by atoms with van der Waals surface area (Å²) >= 11 is 0. The number of ether oxygens (including phenoxy) is 2. The molecule has 1 N–H and O–H groups in total. The number of likely N-dealkylation sites (tertiary alicyclic amines) is 1. The van der Waals surface area contributed by atoms with E-state index >= 15 is 0 Å². The molecule has 0 aliphatic carbocycles. The maximum atomic E-state index is 6.05. The minimum Gasteiger partial charge on any atom is -0.495 e. The summed E-state index contributed by atoms with van der Waals surface area (Å²) in [5.74, 6) is 4.07. The molecular weight excluding hydrogens is 494 g/mol. The monoisotopic (exact) mass is 523 g/mol. The van der Waals surface area contributed by atoms with Gasteiger partial charge < -0.3 is 24.6 Å². The molecule has 2 atom stereocenters. The molecule has 11 nitrogen and oxygen atoms in total. The van der Waals surface area contributed by atoms with Gasteiger partial charge in [0.1, 0.15) is 36.3 Å². The van der Waals surface area contributed by atoms with E-state index < -0.39 is 0 Å². The third-order valence-corrected chi connectivity index (χ3v) is 7.74. The van der Waals surface area contributed by atoms with Crippen LogP contribution in [0.3, 0.4) is 0 Å². The highest BCUT2D eigenvalue weighted by Gasteiger charge is 2.40. The van der Waals surface area contributed by atoms with Gasteiger partial charge in [0.25, 0.3) is 0 Å². The minimum absolute atomic E-state index is 0.458. The van der Waals surface area contributed by atoms with Crippen LogP contribution in [0, 0.1) is 18.8 Å². The number of hydrogen-bond acceptors (Lipinski definition) is 10. The lowest BCUT2D eigenvalue weighted by molar-refractivity contribution is 0.385. The Labute approximate surface area is 225 Å². The van der Waals surface area contributed by atoms with Crippen LogP contribution >= 0.6 is 0 Å². The lowest BCUT2D eigenvalue weighted by atomic mass is 10.0. The predicted molar refractivity (Wildman–Crippen MR) is 148 cm³/mol. The molecule has 2 fully saturated rings. The summed E-state index contributed by atoms with van der Waals surface area (Å²) in [6, 6.07) is 11.7. The van der Waals surface area contributed by atoms with Crippen molar-refractivity contribution in [3.05, 3.63) is 60.9 Å². The Bertz CT molecular complexity index is 1670. The number of anilines is 3. The second-order valence-corrected chi connectivity index (χ2v) is 10.4. The molecular formula is C28H29N9O2. The van der Waals surface area contributed by atoms with Crippen LogP contribution in [0.15, 0.2) is 55.4 Å². The summed E-state index contributed by atoms with van der Waals surface area (Å²) in [7, 11) is 3.94. The van der Waals surface area contributed by atoms with Crippen LogP contribution in [-0.2, 0) is 0 Å². The molecule has 198 valence electrons. The first-order chi connectivity index (χ1) is 19.1. The van der Waals surface area contributed by atoms with Crippen LogP contribution in [0.5, 0.6) is 17.4 Å². The van der Waals surface area contributed by atoms with Crippen molar-refractivity contribution in [3.8, 4) is 17.4 Å². The number of fused-ring (bicyclic) bond motifs is 3. The Hall–Kier alpha value is -4.51. The van der Waals surface area contributed by atoms with Crippen molar-refractivity contribution in [1.29, 1.82) is 0 Å². The molecule has 39 heavy (non-hydrogen) atoms. The fourth-order valence-corrected chi connectivity index (χ4v) is 5.96. The van der Waals surface area contributed by atoms with Crippen LogP contribution in [0.1, 0.15) is 5.56 Å². The van der Waals surface area contributed by atoms with Gasteiger partial charge in [0.15, 0.2) is 5.65 Å². The molecule has 0 spiro atoms. The molecule has 0 radical (unpaired) electrons. The Morgan fingerprint density at radius 3 is 2.51 bits per heavy atom. The van der Waals surface area contributed by atoms with Gasteiger partial charge in [-0.15, -0.1) is 0 Å². The smallest absolute Gasteiger partial charge is 0.224 e. The fraction of sp³-hybridized carbons (Fsp3) is 0.321. The van der Waals surface area contributed by atoms with Gasteiger partial charge in [0, 0.05) is 37.9 Å². The number of hydrogen-bond donors (Lipinski definition) is 1. The average Bonchev–Trinajstić information content (AvgIpc) is 3.64. The molecule has 0 saturated carbocycles. The van der Waals surface area contributed by atoms with Crippen molar-refractivity contribution in [2.75, 3.05) is 50.6 Å². The Balaban J connectivity index is 1.20. The van der Waals surface area contributed by atoms with Gasteiger partial charge >= 0.3 is 0 Å². The van der Waals surface area contributed by atoms with E-state index in [0.29, 0.717) is 29.1 Å². The number of rotatable bonds is 6. The lowest BCUT2D eigenvalue weighted by Crippen LogP contribution is -2.27. The van der Waals surface area contributed by atoms with Crippen molar-refractivity contribution in [2.45, 2.75) is 6.92 Å². The van der Waals surface area contributed by atoms with Crippen molar-refractivity contribution in [2.24, 2.45) is 11.8 Å². The second-order valence-electron chi connectivity index (χ2n) is 10.4. The van der Waals surface area contributed by atoms with Crippen LogP contribution in [-0.4, -0.2) is 74.8 Å². The number of aryl methyl sites for hydroxylation is 1. The molecule has 2 saturated heterocycles. The highest BCUT2D eigenvalue weighted by molar-refractivity contribution is 6.03. The summed E-state index contributed by atoms with van der Waals surface area (Å²) < 4.78 is 13.5. The van der Waals surface area contributed by atoms with Gasteiger partial charge in [-0.05, 0) is 61.7 Å². The van der Waals surface area contributed by atoms with E-state index in [4.69, 9.17) is 9.47 Å². The van der Waals surface area contributed by atoms with Gasteiger partial charge in [-0.2, -0.15) is 5.10 Å². The molecule has 3 aromatic heterocycles. The number of aromatic nitrogens is 6. The highest BCUT2D eigenvalue weighted by Crippen LogP contribution is 2.44. The third kappa shape index (κ3) is 4.24. The van der Waals surface area contributed by atoms with Crippen molar-refractivity contribution in [3.63, 3.8) is 0 Å². The van der Waals surface area contributed by atoms with E-state index in [0.717, 1.165) is 65.6 Å². The molecule has 2 aliphatic heterocycles. The number of methoxy groups -OCH3 is 1. The Morgan fingerprint density at radius 1 is 0.897 bits per heavy atom. The first-order valence-corrected chi connectivity index (χ1v) is 13.0. The summed E-state index contributed by atoms with van der Waals surface area (Å²) in [6.45, 7) is 6.26. The number of benzene rings is 2. The predicted octanol–water partition coefficient (Wildman–Crippen LogP) is 3.92. The first-order valence-electron chi connectivity index (χ1n) is 13.0. The largest absolute Gasteiger partial charge is 0.495 e. The van der Waals surface area contributed by atoms with Gasteiger partial charge in [-0.1, -0.05) is 0 Å². The average molecular weight is 524 g/mol. The normalized spacial score (nSPS) is 19.1. The first kappa shape index (κ1) is 23.6. The van der Waals surface area contributed by atoms with E-state index in [9.17, 15) is 0 Å². The molecule has 7 rings (SSSR count). The molecule has 5 heterocycles. The summed E-state index contributed by atoms with van der Waals surface area (Å²) in [6.07, 6.45) is 4.67. The topological polar surface area (TPSA) is 106 Å². The van der Waals surface area contributed by atoms with E-state index in [2.05, 4.69) is 47.2 Å². The SMILES string of the molecule is COc1ccc2ncnc(Nc3ccc(Oc4cc5ncnn5cn4)c(C)c3)c2c1N1CC2CN(C)CC2C1.